The topological polar surface area (TPSA) is 81.5 Å². The summed E-state index contributed by atoms with van der Waals surface area (Å²) in [6.45, 7) is -0.425. The fourth-order valence-electron chi connectivity index (χ4n) is 2.53. The number of nitrogens with zero attached hydrogens (tertiary/aromatic N) is 1. The van der Waals surface area contributed by atoms with E-state index in [2.05, 4.69) is 5.32 Å². The summed E-state index contributed by atoms with van der Waals surface area (Å²) in [4.78, 5) is 23.7. The molecule has 1 N–H and O–H groups in total. The standard InChI is InChI=1S/C19H14ClFN2O4S/c20-13-5-8-16(15(10-13)23(25)26)27-11-18(24)22-19(17-2-1-9-28-17)12-3-6-14(21)7-4-12/h1-10,19H,11H2,(H,22,24)/t19-/m1/s1. The molecule has 1 amide bonds. The zero-order chi connectivity index (χ0) is 20.1. The van der Waals surface area contributed by atoms with Crippen LogP contribution in [0.3, 0.4) is 0 Å². The van der Waals surface area contributed by atoms with Crippen LogP contribution in [0.25, 0.3) is 0 Å². The summed E-state index contributed by atoms with van der Waals surface area (Å²) in [5.41, 5.74) is 0.378. The highest BCUT2D eigenvalue weighted by atomic mass is 35.5. The number of amides is 1. The lowest BCUT2D eigenvalue weighted by Crippen LogP contribution is -2.33. The number of benzene rings is 2. The predicted octanol–water partition coefficient (Wildman–Crippen LogP) is 4.73. The molecule has 1 heterocycles. The first-order chi connectivity index (χ1) is 13.4. The average Bonchev–Trinajstić information content (AvgIpc) is 3.20. The van der Waals surface area contributed by atoms with Gasteiger partial charge in [-0.25, -0.2) is 4.39 Å². The van der Waals surface area contributed by atoms with Gasteiger partial charge < -0.3 is 10.1 Å². The van der Waals surface area contributed by atoms with Crippen LogP contribution >= 0.6 is 22.9 Å². The molecular weight excluding hydrogens is 407 g/mol. The van der Waals surface area contributed by atoms with E-state index >= 15 is 0 Å². The summed E-state index contributed by atoms with van der Waals surface area (Å²) in [5.74, 6) is -0.913. The molecule has 2 aromatic carbocycles. The lowest BCUT2D eigenvalue weighted by Gasteiger charge is -2.18. The Morgan fingerprint density at radius 3 is 2.64 bits per heavy atom. The molecule has 0 unspecified atom stereocenters. The van der Waals surface area contributed by atoms with Crippen molar-refractivity contribution in [3.8, 4) is 5.75 Å². The third-order valence-electron chi connectivity index (χ3n) is 3.81. The molecule has 1 aromatic heterocycles. The van der Waals surface area contributed by atoms with Gasteiger partial charge in [-0.05, 0) is 41.3 Å². The fourth-order valence-corrected chi connectivity index (χ4v) is 3.50. The average molecular weight is 421 g/mol. The quantitative estimate of drug-likeness (QED) is 0.442. The number of nitrogens with one attached hydrogen (secondary N) is 1. The van der Waals surface area contributed by atoms with Gasteiger partial charge in [-0.15, -0.1) is 11.3 Å². The molecule has 1 atom stereocenters. The van der Waals surface area contributed by atoms with Crippen LogP contribution in [0.5, 0.6) is 5.75 Å². The van der Waals surface area contributed by atoms with E-state index in [0.29, 0.717) is 5.56 Å². The number of ether oxygens (including phenoxy) is 1. The number of rotatable bonds is 7. The Morgan fingerprint density at radius 2 is 2.00 bits per heavy atom. The largest absolute Gasteiger partial charge is 0.477 e. The van der Waals surface area contributed by atoms with Gasteiger partial charge in [-0.3, -0.25) is 14.9 Å². The summed E-state index contributed by atoms with van der Waals surface area (Å²) in [7, 11) is 0. The molecule has 9 heteroatoms. The maximum Gasteiger partial charge on any atom is 0.312 e. The molecule has 3 aromatic rings. The molecule has 0 radical (unpaired) electrons. The minimum Gasteiger partial charge on any atom is -0.477 e. The van der Waals surface area contributed by atoms with Crippen molar-refractivity contribution in [1.29, 1.82) is 0 Å². The predicted molar refractivity (Wildman–Crippen MR) is 104 cm³/mol. The number of carbonyl (C=O) groups excluding carboxylic acids is 1. The highest BCUT2D eigenvalue weighted by Crippen LogP contribution is 2.30. The van der Waals surface area contributed by atoms with Crippen LogP contribution in [-0.2, 0) is 4.79 Å². The van der Waals surface area contributed by atoms with Crippen LogP contribution in [0.15, 0.2) is 60.0 Å². The van der Waals surface area contributed by atoms with E-state index < -0.39 is 23.5 Å². The van der Waals surface area contributed by atoms with Crippen molar-refractivity contribution in [2.24, 2.45) is 0 Å². The minimum atomic E-state index is -0.633. The Balaban J connectivity index is 1.73. The summed E-state index contributed by atoms with van der Waals surface area (Å²) in [5, 5.41) is 16.0. The lowest BCUT2D eigenvalue weighted by molar-refractivity contribution is -0.385. The maximum absolute atomic E-state index is 13.2. The monoisotopic (exact) mass is 420 g/mol. The first-order valence-electron chi connectivity index (χ1n) is 8.09. The maximum atomic E-state index is 13.2. The first kappa shape index (κ1) is 19.8. The van der Waals surface area contributed by atoms with E-state index in [9.17, 15) is 19.3 Å². The second kappa shape index (κ2) is 8.81. The van der Waals surface area contributed by atoms with Crippen molar-refractivity contribution in [2.75, 3.05) is 6.61 Å². The number of hydrogen-bond donors (Lipinski definition) is 1. The van der Waals surface area contributed by atoms with Crippen LogP contribution in [0.1, 0.15) is 16.5 Å². The van der Waals surface area contributed by atoms with Gasteiger partial charge in [0.25, 0.3) is 5.91 Å². The van der Waals surface area contributed by atoms with Gasteiger partial charge in [0.15, 0.2) is 12.4 Å². The summed E-state index contributed by atoms with van der Waals surface area (Å²) >= 11 is 7.20. The summed E-state index contributed by atoms with van der Waals surface area (Å²) in [6, 6.07) is 12.9. The van der Waals surface area contributed by atoms with Crippen LogP contribution in [0, 0.1) is 15.9 Å². The molecule has 0 spiro atoms. The zero-order valence-corrected chi connectivity index (χ0v) is 15.9. The van der Waals surface area contributed by atoms with E-state index in [-0.39, 0.29) is 22.3 Å². The van der Waals surface area contributed by atoms with Crippen molar-refractivity contribution in [2.45, 2.75) is 6.04 Å². The van der Waals surface area contributed by atoms with Gasteiger partial charge in [-0.1, -0.05) is 29.8 Å². The molecule has 144 valence electrons. The second-order valence-corrected chi connectivity index (χ2v) is 7.14. The van der Waals surface area contributed by atoms with Crippen LogP contribution in [0.4, 0.5) is 10.1 Å². The van der Waals surface area contributed by atoms with Crippen LogP contribution in [0.2, 0.25) is 5.02 Å². The number of carbonyl (C=O) groups is 1. The van der Waals surface area contributed by atoms with Crippen LogP contribution < -0.4 is 10.1 Å². The molecule has 0 saturated heterocycles. The second-order valence-electron chi connectivity index (χ2n) is 5.73. The SMILES string of the molecule is O=C(COc1ccc(Cl)cc1[N+](=O)[O-])N[C@H](c1ccc(F)cc1)c1cccs1. The van der Waals surface area contributed by atoms with E-state index in [1.165, 1.54) is 35.6 Å². The van der Waals surface area contributed by atoms with Gasteiger partial charge in [0.05, 0.1) is 11.0 Å². The van der Waals surface area contributed by atoms with Gasteiger partial charge in [-0.2, -0.15) is 0 Å². The number of nitro benzene ring substituents is 1. The van der Waals surface area contributed by atoms with E-state index in [4.69, 9.17) is 16.3 Å². The van der Waals surface area contributed by atoms with Crippen molar-refractivity contribution < 1.29 is 18.8 Å². The number of thiophene rings is 1. The molecule has 0 aliphatic rings. The highest BCUT2D eigenvalue weighted by molar-refractivity contribution is 7.10. The molecule has 0 aliphatic carbocycles. The van der Waals surface area contributed by atoms with E-state index in [1.807, 2.05) is 17.5 Å². The smallest absolute Gasteiger partial charge is 0.312 e. The normalized spacial score (nSPS) is 11.6. The molecule has 0 fully saturated rings. The van der Waals surface area contributed by atoms with Crippen molar-refractivity contribution in [3.63, 3.8) is 0 Å². The number of nitro groups is 1. The van der Waals surface area contributed by atoms with Crippen molar-refractivity contribution >= 4 is 34.5 Å². The lowest BCUT2D eigenvalue weighted by atomic mass is 10.1. The zero-order valence-electron chi connectivity index (χ0n) is 14.3. The molecule has 28 heavy (non-hydrogen) atoms. The van der Waals surface area contributed by atoms with Gasteiger partial charge >= 0.3 is 5.69 Å². The Bertz CT molecular complexity index is 980. The van der Waals surface area contributed by atoms with Crippen LogP contribution in [-0.4, -0.2) is 17.4 Å². The Morgan fingerprint density at radius 1 is 1.25 bits per heavy atom. The van der Waals surface area contributed by atoms with Gasteiger partial charge in [0.2, 0.25) is 0 Å². The minimum absolute atomic E-state index is 0.0565. The highest BCUT2D eigenvalue weighted by Gasteiger charge is 2.20. The molecule has 3 rings (SSSR count). The molecule has 0 bridgehead atoms. The third kappa shape index (κ3) is 4.85. The number of hydrogen-bond acceptors (Lipinski definition) is 5. The summed E-state index contributed by atoms with van der Waals surface area (Å²) < 4.78 is 18.5. The van der Waals surface area contributed by atoms with E-state index in [1.54, 1.807) is 12.1 Å². The molecule has 0 aliphatic heterocycles. The number of halogens is 2. The van der Waals surface area contributed by atoms with E-state index in [0.717, 1.165) is 10.9 Å². The summed E-state index contributed by atoms with van der Waals surface area (Å²) in [6.07, 6.45) is 0. The third-order valence-corrected chi connectivity index (χ3v) is 4.99. The van der Waals surface area contributed by atoms with Gasteiger partial charge in [0, 0.05) is 16.0 Å². The Labute approximate surface area is 168 Å². The van der Waals surface area contributed by atoms with Crippen molar-refractivity contribution in [1.82, 2.24) is 5.32 Å². The molecule has 6 nitrogen and oxygen atoms in total. The first-order valence-corrected chi connectivity index (χ1v) is 9.35. The van der Waals surface area contributed by atoms with Crippen molar-refractivity contribution in [3.05, 3.63) is 91.4 Å². The Hall–Kier alpha value is -2.97. The molecule has 0 saturated carbocycles. The molecular formula is C19H14ClFN2O4S. The van der Waals surface area contributed by atoms with Gasteiger partial charge in [0.1, 0.15) is 5.82 Å². The fraction of sp³-hybridized carbons (Fsp3) is 0.105. The Kier molecular flexibility index (Phi) is 6.23.